The summed E-state index contributed by atoms with van der Waals surface area (Å²) in [5.41, 5.74) is 5.49. The molecular weight excluding hydrogens is 355 g/mol. The summed E-state index contributed by atoms with van der Waals surface area (Å²) >= 11 is 11.9. The third-order valence-corrected chi connectivity index (χ3v) is 4.46. The highest BCUT2D eigenvalue weighted by Gasteiger charge is 2.18. The number of H-pyrrole nitrogens is 1. The van der Waals surface area contributed by atoms with Crippen LogP contribution >= 0.6 is 23.2 Å². The second-order valence-electron chi connectivity index (χ2n) is 5.78. The van der Waals surface area contributed by atoms with Gasteiger partial charge in [0.15, 0.2) is 10.7 Å². The third-order valence-electron chi connectivity index (χ3n) is 4.07. The van der Waals surface area contributed by atoms with Gasteiger partial charge in [-0.25, -0.2) is 4.98 Å². The number of alkyl halides is 2. The first-order chi connectivity index (χ1) is 12.1. The molecule has 0 saturated heterocycles. The van der Waals surface area contributed by atoms with E-state index in [0.717, 1.165) is 22.0 Å². The Morgan fingerprint density at radius 2 is 1.68 bits per heavy atom. The minimum atomic E-state index is -0.830. The standard InChI is InChI=1S/C19H14Cl2N4/c1-11-6-8-12(9-7-11)16-17(23-19(18(20)21)25-24-16)14-10-22-15-5-3-2-4-13(14)15/h2-10,18,22H,1H3. The average Bonchev–Trinajstić information content (AvgIpc) is 3.06. The van der Waals surface area contributed by atoms with E-state index >= 15 is 0 Å². The van der Waals surface area contributed by atoms with Crippen molar-refractivity contribution >= 4 is 34.1 Å². The molecule has 0 spiro atoms. The normalized spacial score (nSPS) is 11.4. The van der Waals surface area contributed by atoms with E-state index in [1.807, 2.05) is 61.7 Å². The van der Waals surface area contributed by atoms with Crippen molar-refractivity contribution in [1.29, 1.82) is 0 Å². The SMILES string of the molecule is Cc1ccc(-c2nnc(C(Cl)Cl)nc2-c2c[nH]c3ccccc23)cc1. The van der Waals surface area contributed by atoms with E-state index in [9.17, 15) is 0 Å². The lowest BCUT2D eigenvalue weighted by molar-refractivity contribution is 0.896. The monoisotopic (exact) mass is 368 g/mol. The van der Waals surface area contributed by atoms with Gasteiger partial charge in [-0.3, -0.25) is 0 Å². The predicted molar refractivity (Wildman–Crippen MR) is 102 cm³/mol. The van der Waals surface area contributed by atoms with Crippen LogP contribution in [0.15, 0.2) is 54.7 Å². The Bertz CT molecular complexity index is 1040. The molecule has 0 unspecified atom stereocenters. The third kappa shape index (κ3) is 2.99. The maximum Gasteiger partial charge on any atom is 0.184 e. The highest BCUT2D eigenvalue weighted by Crippen LogP contribution is 2.34. The lowest BCUT2D eigenvalue weighted by Gasteiger charge is -2.09. The lowest BCUT2D eigenvalue weighted by atomic mass is 10.0. The molecule has 0 aliphatic heterocycles. The maximum absolute atomic E-state index is 5.97. The zero-order valence-corrected chi connectivity index (χ0v) is 14.9. The van der Waals surface area contributed by atoms with Crippen LogP contribution in [0.4, 0.5) is 0 Å². The predicted octanol–water partition coefficient (Wildman–Crippen LogP) is 5.47. The zero-order chi connectivity index (χ0) is 17.4. The molecule has 25 heavy (non-hydrogen) atoms. The molecule has 4 nitrogen and oxygen atoms in total. The van der Waals surface area contributed by atoms with Crippen LogP contribution in [0.3, 0.4) is 0 Å². The number of hydrogen-bond donors (Lipinski definition) is 1. The number of rotatable bonds is 3. The van der Waals surface area contributed by atoms with Gasteiger partial charge in [0.1, 0.15) is 11.4 Å². The van der Waals surface area contributed by atoms with Crippen LogP contribution in [0.2, 0.25) is 0 Å². The molecule has 1 N–H and O–H groups in total. The fraction of sp³-hybridized carbons (Fsp3) is 0.105. The van der Waals surface area contributed by atoms with Crippen LogP contribution in [-0.2, 0) is 0 Å². The Labute approximate surface area is 154 Å². The minimum absolute atomic E-state index is 0.291. The molecule has 0 bridgehead atoms. The number of nitrogens with zero attached hydrogens (tertiary/aromatic N) is 3. The van der Waals surface area contributed by atoms with Crippen LogP contribution in [-0.4, -0.2) is 20.2 Å². The van der Waals surface area contributed by atoms with E-state index in [4.69, 9.17) is 23.2 Å². The Morgan fingerprint density at radius 3 is 2.44 bits per heavy atom. The molecule has 0 saturated carbocycles. The van der Waals surface area contributed by atoms with Crippen LogP contribution in [0.25, 0.3) is 33.4 Å². The largest absolute Gasteiger partial charge is 0.360 e. The molecule has 2 heterocycles. The van der Waals surface area contributed by atoms with E-state index in [-0.39, 0.29) is 0 Å². The summed E-state index contributed by atoms with van der Waals surface area (Å²) in [4.78, 5) is 7.05. The summed E-state index contributed by atoms with van der Waals surface area (Å²) in [5, 5.41) is 9.52. The van der Waals surface area contributed by atoms with Crippen LogP contribution in [0, 0.1) is 6.92 Å². The Morgan fingerprint density at radius 1 is 0.920 bits per heavy atom. The van der Waals surface area contributed by atoms with Crippen molar-refractivity contribution in [3.05, 3.63) is 66.1 Å². The maximum atomic E-state index is 5.97. The topological polar surface area (TPSA) is 54.5 Å². The lowest BCUT2D eigenvalue weighted by Crippen LogP contribution is -2.02. The molecule has 6 heteroatoms. The fourth-order valence-electron chi connectivity index (χ4n) is 2.79. The van der Waals surface area contributed by atoms with Crippen LogP contribution in [0.1, 0.15) is 16.2 Å². The molecule has 0 aliphatic rings. The molecule has 0 atom stereocenters. The first-order valence-corrected chi connectivity index (χ1v) is 8.67. The second kappa shape index (κ2) is 6.47. The van der Waals surface area contributed by atoms with Crippen molar-refractivity contribution in [3.63, 3.8) is 0 Å². The number of benzene rings is 2. The molecule has 2 aromatic heterocycles. The molecule has 4 rings (SSSR count). The van der Waals surface area contributed by atoms with Crippen molar-refractivity contribution in [2.24, 2.45) is 0 Å². The van der Waals surface area contributed by atoms with Crippen molar-refractivity contribution in [1.82, 2.24) is 20.2 Å². The van der Waals surface area contributed by atoms with Gasteiger partial charge in [0, 0.05) is 28.2 Å². The van der Waals surface area contributed by atoms with E-state index in [1.165, 1.54) is 5.56 Å². The van der Waals surface area contributed by atoms with Gasteiger partial charge in [-0.1, -0.05) is 71.2 Å². The van der Waals surface area contributed by atoms with Gasteiger partial charge in [0.2, 0.25) is 0 Å². The quantitative estimate of drug-likeness (QED) is 0.487. The zero-order valence-electron chi connectivity index (χ0n) is 13.4. The van der Waals surface area contributed by atoms with Crippen molar-refractivity contribution in [2.75, 3.05) is 0 Å². The van der Waals surface area contributed by atoms with E-state index < -0.39 is 4.84 Å². The summed E-state index contributed by atoms with van der Waals surface area (Å²) in [6.07, 6.45) is 1.92. The van der Waals surface area contributed by atoms with Gasteiger partial charge < -0.3 is 4.98 Å². The van der Waals surface area contributed by atoms with Gasteiger partial charge in [0.05, 0.1) is 0 Å². The highest BCUT2D eigenvalue weighted by atomic mass is 35.5. The number of para-hydroxylation sites is 1. The molecule has 0 fully saturated rings. The van der Waals surface area contributed by atoms with Gasteiger partial charge in [0.25, 0.3) is 0 Å². The number of aryl methyl sites for hydroxylation is 1. The summed E-state index contributed by atoms with van der Waals surface area (Å²) < 4.78 is 0. The molecule has 0 radical (unpaired) electrons. The number of hydrogen-bond acceptors (Lipinski definition) is 3. The van der Waals surface area contributed by atoms with Gasteiger partial charge in [-0.15, -0.1) is 10.2 Å². The van der Waals surface area contributed by atoms with Crippen LogP contribution < -0.4 is 0 Å². The molecule has 0 amide bonds. The van der Waals surface area contributed by atoms with Gasteiger partial charge in [-0.05, 0) is 13.0 Å². The Balaban J connectivity index is 1.98. The van der Waals surface area contributed by atoms with Crippen molar-refractivity contribution in [2.45, 2.75) is 11.8 Å². The Hall–Kier alpha value is -2.43. The molecule has 0 aliphatic carbocycles. The summed E-state index contributed by atoms with van der Waals surface area (Å²) in [6.45, 7) is 2.04. The minimum Gasteiger partial charge on any atom is -0.360 e. The van der Waals surface area contributed by atoms with E-state index in [1.54, 1.807) is 0 Å². The van der Waals surface area contributed by atoms with Crippen molar-refractivity contribution < 1.29 is 0 Å². The number of halogens is 2. The van der Waals surface area contributed by atoms with Gasteiger partial charge >= 0.3 is 0 Å². The van der Waals surface area contributed by atoms with Crippen LogP contribution in [0.5, 0.6) is 0 Å². The molecule has 2 aromatic carbocycles. The number of aromatic amines is 1. The summed E-state index contributed by atoms with van der Waals surface area (Å²) in [5.74, 6) is 0.291. The summed E-state index contributed by atoms with van der Waals surface area (Å²) in [7, 11) is 0. The number of aromatic nitrogens is 4. The smallest absolute Gasteiger partial charge is 0.184 e. The second-order valence-corrected chi connectivity index (χ2v) is 6.88. The average molecular weight is 369 g/mol. The van der Waals surface area contributed by atoms with E-state index in [0.29, 0.717) is 17.2 Å². The first-order valence-electron chi connectivity index (χ1n) is 7.80. The molecular formula is C19H14Cl2N4. The fourth-order valence-corrected chi connectivity index (χ4v) is 2.98. The first kappa shape index (κ1) is 16.1. The number of nitrogens with one attached hydrogen (secondary N) is 1. The highest BCUT2D eigenvalue weighted by molar-refractivity contribution is 6.43. The summed E-state index contributed by atoms with van der Waals surface area (Å²) in [6, 6.07) is 16.1. The molecule has 124 valence electrons. The van der Waals surface area contributed by atoms with E-state index in [2.05, 4.69) is 20.2 Å². The number of fused-ring (bicyclic) bond motifs is 1. The van der Waals surface area contributed by atoms with Crippen molar-refractivity contribution in [3.8, 4) is 22.5 Å². The van der Waals surface area contributed by atoms with Gasteiger partial charge in [-0.2, -0.15) is 0 Å². The Kier molecular flexibility index (Phi) is 4.15. The molecule has 4 aromatic rings.